The van der Waals surface area contributed by atoms with E-state index in [0.717, 1.165) is 11.1 Å². The van der Waals surface area contributed by atoms with E-state index in [1.807, 2.05) is 0 Å². The second-order valence-electron chi connectivity index (χ2n) is 4.31. The molecule has 1 unspecified atom stereocenters. The third-order valence-corrected chi connectivity index (χ3v) is 4.18. The van der Waals surface area contributed by atoms with Crippen LogP contribution >= 0.6 is 27.5 Å². The molecular formula is C14H12BrClF2N2. The SMILES string of the molecule is NNC(Cc1cccc(F)c1Br)c1ccc(F)c(Cl)c1. The lowest BCUT2D eigenvalue weighted by Gasteiger charge is -2.18. The standard InChI is InChI=1S/C14H12BrClF2N2/c15-14-9(2-1-3-12(14)18)7-13(20-19)8-4-5-11(17)10(16)6-8/h1-6,13,20H,7,19H2. The molecule has 0 radical (unpaired) electrons. The van der Waals surface area contributed by atoms with Gasteiger partial charge in [-0.1, -0.05) is 29.8 Å². The smallest absolute Gasteiger partial charge is 0.141 e. The molecule has 0 aromatic heterocycles. The van der Waals surface area contributed by atoms with Gasteiger partial charge in [0.25, 0.3) is 0 Å². The molecule has 2 aromatic carbocycles. The van der Waals surface area contributed by atoms with Crippen molar-refractivity contribution < 1.29 is 8.78 Å². The molecule has 106 valence electrons. The van der Waals surface area contributed by atoms with Crippen LogP contribution in [0, 0.1) is 11.6 Å². The number of benzene rings is 2. The summed E-state index contributed by atoms with van der Waals surface area (Å²) in [6.07, 6.45) is 0.441. The molecule has 2 rings (SSSR count). The first-order valence-electron chi connectivity index (χ1n) is 5.87. The normalized spacial score (nSPS) is 12.4. The highest BCUT2D eigenvalue weighted by Gasteiger charge is 2.15. The molecule has 0 heterocycles. The Bertz CT molecular complexity index is 622. The molecule has 6 heteroatoms. The van der Waals surface area contributed by atoms with Crippen molar-refractivity contribution in [3.8, 4) is 0 Å². The highest BCUT2D eigenvalue weighted by atomic mass is 79.9. The van der Waals surface area contributed by atoms with E-state index in [1.165, 1.54) is 18.2 Å². The molecule has 2 aromatic rings. The van der Waals surface area contributed by atoms with Crippen LogP contribution in [0.1, 0.15) is 17.2 Å². The summed E-state index contributed by atoms with van der Waals surface area (Å²) in [5, 5.41) is 0.0288. The minimum absolute atomic E-state index is 0.0288. The Balaban J connectivity index is 2.28. The van der Waals surface area contributed by atoms with Crippen molar-refractivity contribution in [1.82, 2.24) is 5.43 Å². The highest BCUT2D eigenvalue weighted by molar-refractivity contribution is 9.10. The van der Waals surface area contributed by atoms with E-state index in [-0.39, 0.29) is 16.9 Å². The summed E-state index contributed by atoms with van der Waals surface area (Å²) in [6.45, 7) is 0. The number of hydrogen-bond donors (Lipinski definition) is 2. The summed E-state index contributed by atoms with van der Waals surface area (Å²) < 4.78 is 27.0. The summed E-state index contributed by atoms with van der Waals surface area (Å²) in [6, 6.07) is 8.87. The molecule has 0 saturated carbocycles. The monoisotopic (exact) mass is 360 g/mol. The lowest BCUT2D eigenvalue weighted by Crippen LogP contribution is -2.29. The molecule has 3 N–H and O–H groups in total. The molecule has 0 bridgehead atoms. The van der Waals surface area contributed by atoms with Crippen molar-refractivity contribution in [2.45, 2.75) is 12.5 Å². The first-order valence-corrected chi connectivity index (χ1v) is 7.04. The van der Waals surface area contributed by atoms with E-state index in [2.05, 4.69) is 21.4 Å². The van der Waals surface area contributed by atoms with E-state index in [1.54, 1.807) is 18.2 Å². The average Bonchev–Trinajstić information content (AvgIpc) is 2.44. The van der Waals surface area contributed by atoms with Crippen molar-refractivity contribution in [2.75, 3.05) is 0 Å². The van der Waals surface area contributed by atoms with Gasteiger partial charge in [-0.3, -0.25) is 11.3 Å². The molecule has 20 heavy (non-hydrogen) atoms. The third-order valence-electron chi connectivity index (χ3n) is 3.00. The van der Waals surface area contributed by atoms with Gasteiger partial charge in [0.15, 0.2) is 0 Å². The number of hydrazine groups is 1. The van der Waals surface area contributed by atoms with Gasteiger partial charge in [0.1, 0.15) is 11.6 Å². The predicted octanol–water partition coefficient (Wildman–Crippen LogP) is 4.13. The fourth-order valence-corrected chi connectivity index (χ4v) is 2.54. The summed E-state index contributed by atoms with van der Waals surface area (Å²) >= 11 is 8.97. The summed E-state index contributed by atoms with van der Waals surface area (Å²) in [7, 11) is 0. The molecule has 0 aliphatic rings. The summed E-state index contributed by atoms with van der Waals surface area (Å²) in [4.78, 5) is 0. The Morgan fingerprint density at radius 2 is 1.95 bits per heavy atom. The Kier molecular flexibility index (Phi) is 5.10. The van der Waals surface area contributed by atoms with Crippen molar-refractivity contribution in [3.63, 3.8) is 0 Å². The lowest BCUT2D eigenvalue weighted by atomic mass is 9.99. The first-order chi connectivity index (χ1) is 9.52. The molecule has 0 amide bonds. The van der Waals surface area contributed by atoms with Gasteiger partial charge in [-0.2, -0.15) is 0 Å². The van der Waals surface area contributed by atoms with Crippen molar-refractivity contribution >= 4 is 27.5 Å². The summed E-state index contributed by atoms with van der Waals surface area (Å²) in [5.41, 5.74) is 4.13. The minimum atomic E-state index is -0.488. The number of rotatable bonds is 4. The second-order valence-corrected chi connectivity index (χ2v) is 5.51. The van der Waals surface area contributed by atoms with E-state index >= 15 is 0 Å². The minimum Gasteiger partial charge on any atom is -0.271 e. The van der Waals surface area contributed by atoms with E-state index in [0.29, 0.717) is 10.9 Å². The zero-order chi connectivity index (χ0) is 14.7. The van der Waals surface area contributed by atoms with Gasteiger partial charge in [-0.05, 0) is 51.7 Å². The van der Waals surface area contributed by atoms with Crippen molar-refractivity contribution in [3.05, 3.63) is 68.7 Å². The van der Waals surface area contributed by atoms with Crippen LogP contribution in [0.3, 0.4) is 0 Å². The van der Waals surface area contributed by atoms with Gasteiger partial charge in [-0.15, -0.1) is 0 Å². The van der Waals surface area contributed by atoms with Crippen LogP contribution in [0.15, 0.2) is 40.9 Å². The molecular weight excluding hydrogens is 350 g/mol. The van der Waals surface area contributed by atoms with E-state index in [4.69, 9.17) is 17.4 Å². The third kappa shape index (κ3) is 3.35. The molecule has 2 nitrogen and oxygen atoms in total. The molecule has 0 saturated heterocycles. The summed E-state index contributed by atoms with van der Waals surface area (Å²) in [5.74, 6) is 4.71. The molecule has 0 spiro atoms. The quantitative estimate of drug-likeness (QED) is 0.635. The Morgan fingerprint density at radius 3 is 2.60 bits per heavy atom. The van der Waals surface area contributed by atoms with Crippen LogP contribution in [0.4, 0.5) is 8.78 Å². The second kappa shape index (κ2) is 6.63. The maximum absolute atomic E-state index is 13.5. The zero-order valence-electron chi connectivity index (χ0n) is 10.3. The van der Waals surface area contributed by atoms with E-state index < -0.39 is 5.82 Å². The van der Waals surface area contributed by atoms with Crippen LogP contribution in [-0.2, 0) is 6.42 Å². The first kappa shape index (κ1) is 15.4. The van der Waals surface area contributed by atoms with Gasteiger partial charge in [-0.25, -0.2) is 8.78 Å². The fraction of sp³-hybridized carbons (Fsp3) is 0.143. The maximum Gasteiger partial charge on any atom is 0.141 e. The van der Waals surface area contributed by atoms with Crippen molar-refractivity contribution in [2.24, 2.45) is 5.84 Å². The van der Waals surface area contributed by atoms with E-state index in [9.17, 15) is 8.78 Å². The topological polar surface area (TPSA) is 38.0 Å². The number of halogens is 4. The van der Waals surface area contributed by atoms with Gasteiger partial charge in [0.2, 0.25) is 0 Å². The number of nitrogens with one attached hydrogen (secondary N) is 1. The number of nitrogens with two attached hydrogens (primary N) is 1. The van der Waals surface area contributed by atoms with Crippen LogP contribution in [0.25, 0.3) is 0 Å². The van der Waals surface area contributed by atoms with Gasteiger partial charge in [0.05, 0.1) is 15.5 Å². The van der Waals surface area contributed by atoms with Gasteiger partial charge in [0, 0.05) is 0 Å². The lowest BCUT2D eigenvalue weighted by molar-refractivity contribution is 0.544. The molecule has 1 atom stereocenters. The largest absolute Gasteiger partial charge is 0.271 e. The average molecular weight is 362 g/mol. The zero-order valence-corrected chi connectivity index (χ0v) is 12.7. The maximum atomic E-state index is 13.5. The van der Waals surface area contributed by atoms with Crippen LogP contribution < -0.4 is 11.3 Å². The molecule has 0 aliphatic heterocycles. The Morgan fingerprint density at radius 1 is 1.20 bits per heavy atom. The van der Waals surface area contributed by atoms with Crippen molar-refractivity contribution in [1.29, 1.82) is 0 Å². The van der Waals surface area contributed by atoms with Gasteiger partial charge >= 0.3 is 0 Å². The van der Waals surface area contributed by atoms with Crippen LogP contribution in [0.2, 0.25) is 5.02 Å². The molecule has 0 fully saturated rings. The molecule has 0 aliphatic carbocycles. The Labute approximate surface area is 129 Å². The highest BCUT2D eigenvalue weighted by Crippen LogP contribution is 2.27. The van der Waals surface area contributed by atoms with Crippen LogP contribution in [0.5, 0.6) is 0 Å². The number of hydrogen-bond acceptors (Lipinski definition) is 2. The van der Waals surface area contributed by atoms with Crippen LogP contribution in [-0.4, -0.2) is 0 Å². The van der Waals surface area contributed by atoms with Gasteiger partial charge < -0.3 is 0 Å². The predicted molar refractivity (Wildman–Crippen MR) is 79.3 cm³/mol. The fourth-order valence-electron chi connectivity index (χ4n) is 1.93. The Hall–Kier alpha value is -1.01.